The maximum atomic E-state index is 5.06. The second-order valence-corrected chi connectivity index (χ2v) is 7.84. The molecule has 4 aromatic rings. The van der Waals surface area contributed by atoms with Gasteiger partial charge in [0.15, 0.2) is 5.65 Å². The first-order valence-corrected chi connectivity index (χ1v) is 10.2. The Bertz CT molecular complexity index is 1180. The van der Waals surface area contributed by atoms with Crippen LogP contribution in [-0.2, 0) is 25.9 Å². The first-order valence-electron chi connectivity index (χ1n) is 10.2. The Morgan fingerprint density at radius 3 is 2.59 bits per heavy atom. The molecular formula is C23H22N6. The van der Waals surface area contributed by atoms with E-state index in [1.807, 2.05) is 0 Å². The quantitative estimate of drug-likeness (QED) is 0.588. The van der Waals surface area contributed by atoms with Crippen molar-refractivity contribution in [3.05, 3.63) is 77.0 Å². The molecule has 2 aliphatic rings. The molecule has 0 fully saturated rings. The molecule has 0 aliphatic carbocycles. The van der Waals surface area contributed by atoms with Crippen LogP contribution in [0.4, 0.5) is 11.8 Å². The summed E-state index contributed by atoms with van der Waals surface area (Å²) in [7, 11) is 0. The average Bonchev–Trinajstić information content (AvgIpc) is 3.20. The van der Waals surface area contributed by atoms with Gasteiger partial charge >= 0.3 is 0 Å². The molecule has 0 spiro atoms. The summed E-state index contributed by atoms with van der Waals surface area (Å²) in [4.78, 5) is 14.6. The van der Waals surface area contributed by atoms with Crippen LogP contribution in [0.5, 0.6) is 0 Å². The minimum absolute atomic E-state index is 0.789. The van der Waals surface area contributed by atoms with Crippen LogP contribution < -0.4 is 9.80 Å². The summed E-state index contributed by atoms with van der Waals surface area (Å²) in [6.45, 7) is 3.55. The second kappa shape index (κ2) is 6.58. The summed E-state index contributed by atoms with van der Waals surface area (Å²) in [6, 6.07) is 19.3. The van der Waals surface area contributed by atoms with E-state index in [1.165, 1.54) is 16.7 Å². The third-order valence-electron chi connectivity index (χ3n) is 6.01. The van der Waals surface area contributed by atoms with E-state index in [9.17, 15) is 0 Å². The van der Waals surface area contributed by atoms with E-state index < -0.39 is 0 Å². The van der Waals surface area contributed by atoms with Crippen molar-refractivity contribution < 1.29 is 0 Å². The third-order valence-corrected chi connectivity index (χ3v) is 6.01. The molecule has 6 heteroatoms. The fourth-order valence-corrected chi connectivity index (χ4v) is 4.48. The largest absolute Gasteiger partial charge is 0.351 e. The Morgan fingerprint density at radius 1 is 0.862 bits per heavy atom. The van der Waals surface area contributed by atoms with E-state index in [4.69, 9.17) is 9.97 Å². The van der Waals surface area contributed by atoms with Crippen LogP contribution in [0.15, 0.2) is 54.6 Å². The Labute approximate surface area is 169 Å². The molecule has 2 aromatic carbocycles. The summed E-state index contributed by atoms with van der Waals surface area (Å²) in [5.74, 6) is 1.79. The van der Waals surface area contributed by atoms with Crippen LogP contribution in [0.1, 0.15) is 22.4 Å². The zero-order chi connectivity index (χ0) is 19.2. The number of aromatic amines is 1. The molecule has 0 amide bonds. The van der Waals surface area contributed by atoms with Crippen molar-refractivity contribution in [2.24, 2.45) is 0 Å². The van der Waals surface area contributed by atoms with Crippen LogP contribution in [0.25, 0.3) is 11.0 Å². The van der Waals surface area contributed by atoms with Crippen molar-refractivity contribution in [3.8, 4) is 0 Å². The highest BCUT2D eigenvalue weighted by Gasteiger charge is 2.27. The van der Waals surface area contributed by atoms with E-state index in [0.29, 0.717) is 0 Å². The van der Waals surface area contributed by atoms with Crippen LogP contribution in [0.3, 0.4) is 0 Å². The first-order chi connectivity index (χ1) is 14.3. The molecule has 29 heavy (non-hydrogen) atoms. The lowest BCUT2D eigenvalue weighted by atomic mass is 10.0. The lowest BCUT2D eigenvalue weighted by Gasteiger charge is -2.31. The molecule has 1 N–H and O–H groups in total. The topological polar surface area (TPSA) is 60.9 Å². The molecule has 2 aliphatic heterocycles. The molecular weight excluding hydrogens is 360 g/mol. The Balaban J connectivity index is 1.40. The number of H-pyrrole nitrogens is 1. The Hall–Kier alpha value is -3.41. The number of anilines is 2. The fraction of sp³-hybridized carbons (Fsp3) is 0.261. The van der Waals surface area contributed by atoms with Gasteiger partial charge in [0.05, 0.1) is 11.1 Å². The monoisotopic (exact) mass is 382 g/mol. The van der Waals surface area contributed by atoms with Gasteiger partial charge in [-0.05, 0) is 23.1 Å². The van der Waals surface area contributed by atoms with E-state index in [-0.39, 0.29) is 0 Å². The van der Waals surface area contributed by atoms with Crippen LogP contribution in [0.2, 0.25) is 0 Å². The predicted molar refractivity (Wildman–Crippen MR) is 114 cm³/mol. The maximum Gasteiger partial charge on any atom is 0.229 e. The van der Waals surface area contributed by atoms with Gasteiger partial charge in [0.1, 0.15) is 5.82 Å². The lowest BCUT2D eigenvalue weighted by Crippen LogP contribution is -2.34. The molecule has 0 unspecified atom stereocenters. The van der Waals surface area contributed by atoms with Gasteiger partial charge in [-0.2, -0.15) is 15.1 Å². The smallest absolute Gasteiger partial charge is 0.229 e. The molecule has 6 rings (SSSR count). The molecule has 6 nitrogen and oxygen atoms in total. The summed E-state index contributed by atoms with van der Waals surface area (Å²) >= 11 is 0. The molecule has 0 saturated carbocycles. The highest BCUT2D eigenvalue weighted by molar-refractivity contribution is 5.91. The van der Waals surface area contributed by atoms with Gasteiger partial charge in [0.2, 0.25) is 5.95 Å². The van der Waals surface area contributed by atoms with Gasteiger partial charge in [-0.3, -0.25) is 5.10 Å². The fourth-order valence-electron chi connectivity index (χ4n) is 4.48. The molecule has 2 aromatic heterocycles. The zero-order valence-corrected chi connectivity index (χ0v) is 16.2. The van der Waals surface area contributed by atoms with E-state index >= 15 is 0 Å². The van der Waals surface area contributed by atoms with Crippen LogP contribution in [0, 0.1) is 0 Å². The van der Waals surface area contributed by atoms with Gasteiger partial charge < -0.3 is 9.80 Å². The normalized spacial score (nSPS) is 15.6. The van der Waals surface area contributed by atoms with Gasteiger partial charge in [0.25, 0.3) is 0 Å². The van der Waals surface area contributed by atoms with Gasteiger partial charge in [0, 0.05) is 32.6 Å². The zero-order valence-electron chi connectivity index (χ0n) is 16.2. The molecule has 0 saturated heterocycles. The Morgan fingerprint density at radius 2 is 1.69 bits per heavy atom. The maximum absolute atomic E-state index is 5.06. The van der Waals surface area contributed by atoms with Crippen molar-refractivity contribution in [2.75, 3.05) is 22.9 Å². The van der Waals surface area contributed by atoms with E-state index in [2.05, 4.69) is 74.6 Å². The van der Waals surface area contributed by atoms with Crippen molar-refractivity contribution >= 4 is 22.8 Å². The minimum Gasteiger partial charge on any atom is -0.351 e. The standard InChI is InChI=1S/C23H22N6/c1-2-6-16(7-3-1)14-28-13-11-19-20-21(27-26-19)24-23(25-22(20)28)29-12-10-17-8-4-5-9-18(17)15-29/h1-9H,10-15H2,(H,24,25,26,27). The summed E-state index contributed by atoms with van der Waals surface area (Å²) < 4.78 is 0. The van der Waals surface area contributed by atoms with E-state index in [1.54, 1.807) is 0 Å². The summed E-state index contributed by atoms with van der Waals surface area (Å²) in [5.41, 5.74) is 6.01. The number of aromatic nitrogens is 4. The molecule has 4 heterocycles. The van der Waals surface area contributed by atoms with Gasteiger partial charge in [-0.25, -0.2) is 0 Å². The number of nitrogens with one attached hydrogen (secondary N) is 1. The number of nitrogens with zero attached hydrogens (tertiary/aromatic N) is 5. The second-order valence-electron chi connectivity index (χ2n) is 7.84. The average molecular weight is 382 g/mol. The molecule has 0 bridgehead atoms. The van der Waals surface area contributed by atoms with Crippen LogP contribution in [-0.4, -0.2) is 33.3 Å². The number of hydrogen-bond acceptors (Lipinski definition) is 5. The highest BCUT2D eigenvalue weighted by Crippen LogP contribution is 2.34. The van der Waals surface area contributed by atoms with Gasteiger partial charge in [-0.1, -0.05) is 54.6 Å². The third kappa shape index (κ3) is 2.83. The SMILES string of the molecule is c1ccc(CN2CCc3n[nH]c4nc(N5CCc6ccccc6C5)nc2c34)cc1. The number of hydrogen-bond donors (Lipinski definition) is 1. The van der Waals surface area contributed by atoms with Crippen molar-refractivity contribution in [1.82, 2.24) is 20.2 Å². The minimum atomic E-state index is 0.789. The number of rotatable bonds is 3. The molecule has 0 atom stereocenters. The van der Waals surface area contributed by atoms with Crippen molar-refractivity contribution in [1.29, 1.82) is 0 Å². The lowest BCUT2D eigenvalue weighted by molar-refractivity contribution is 0.702. The highest BCUT2D eigenvalue weighted by atomic mass is 15.3. The van der Waals surface area contributed by atoms with E-state index in [0.717, 1.165) is 67.5 Å². The Kier molecular flexibility index (Phi) is 3.75. The molecule has 144 valence electrons. The summed E-state index contributed by atoms with van der Waals surface area (Å²) in [5, 5.41) is 8.74. The summed E-state index contributed by atoms with van der Waals surface area (Å²) in [6.07, 6.45) is 1.94. The van der Waals surface area contributed by atoms with Crippen molar-refractivity contribution in [3.63, 3.8) is 0 Å². The van der Waals surface area contributed by atoms with Crippen LogP contribution >= 0.6 is 0 Å². The first kappa shape index (κ1) is 16.5. The molecule has 0 radical (unpaired) electrons. The van der Waals surface area contributed by atoms with Gasteiger partial charge in [-0.15, -0.1) is 0 Å². The predicted octanol–water partition coefficient (Wildman–Crippen LogP) is 3.48. The van der Waals surface area contributed by atoms with Crippen molar-refractivity contribution in [2.45, 2.75) is 25.9 Å². The number of benzene rings is 2. The number of fused-ring (bicyclic) bond motifs is 1.